The van der Waals surface area contributed by atoms with Crippen LogP contribution in [-0.4, -0.2) is 33.4 Å². The first-order valence-electron chi connectivity index (χ1n) is 13.8. The lowest BCUT2D eigenvalue weighted by Gasteiger charge is -2.44. The van der Waals surface area contributed by atoms with Gasteiger partial charge in [0, 0.05) is 31.3 Å². The van der Waals surface area contributed by atoms with E-state index >= 15 is 0 Å². The molecule has 4 atom stereocenters. The van der Waals surface area contributed by atoms with Crippen molar-refractivity contribution in [2.75, 3.05) is 11.6 Å². The molecule has 3 heterocycles. The van der Waals surface area contributed by atoms with Gasteiger partial charge in [0.2, 0.25) is 11.9 Å². The predicted octanol–water partition coefficient (Wildman–Crippen LogP) is 3.95. The fourth-order valence-corrected chi connectivity index (χ4v) is 6.23. The lowest BCUT2D eigenvalue weighted by Crippen LogP contribution is -2.53. The number of amides is 1. The fourth-order valence-electron chi connectivity index (χ4n) is 6.23. The summed E-state index contributed by atoms with van der Waals surface area (Å²) in [7, 11) is 0. The smallest absolute Gasteiger partial charge is 0.243 e. The second-order valence-electron chi connectivity index (χ2n) is 10.7. The summed E-state index contributed by atoms with van der Waals surface area (Å²) in [5.74, 6) is 2.51. The Labute approximate surface area is 218 Å². The first kappa shape index (κ1) is 24.1. The molecule has 0 bridgehead atoms. The summed E-state index contributed by atoms with van der Waals surface area (Å²) in [6.07, 6.45) is 8.02. The van der Waals surface area contributed by atoms with Crippen LogP contribution in [-0.2, 0) is 17.6 Å². The van der Waals surface area contributed by atoms with Gasteiger partial charge in [-0.15, -0.1) is 10.2 Å². The molecule has 194 valence electrons. The van der Waals surface area contributed by atoms with E-state index in [1.165, 1.54) is 36.0 Å². The molecule has 1 amide bonds. The molecule has 8 nitrogen and oxygen atoms in total. The second-order valence-corrected chi connectivity index (χ2v) is 10.7. The van der Waals surface area contributed by atoms with Gasteiger partial charge in [-0.3, -0.25) is 19.7 Å². The quantitative estimate of drug-likeness (QED) is 0.435. The van der Waals surface area contributed by atoms with E-state index in [4.69, 9.17) is 0 Å². The van der Waals surface area contributed by atoms with Crippen LogP contribution in [0.25, 0.3) is 0 Å². The lowest BCUT2D eigenvalue weighted by molar-refractivity contribution is -0.121. The Bertz CT molecular complexity index is 1210. The van der Waals surface area contributed by atoms with Crippen molar-refractivity contribution >= 4 is 11.9 Å². The predicted molar refractivity (Wildman–Crippen MR) is 144 cm³/mol. The van der Waals surface area contributed by atoms with E-state index in [-0.39, 0.29) is 18.2 Å². The highest BCUT2D eigenvalue weighted by Gasteiger charge is 2.48. The second kappa shape index (κ2) is 10.6. The Morgan fingerprint density at radius 2 is 1.84 bits per heavy atom. The summed E-state index contributed by atoms with van der Waals surface area (Å²) in [5.41, 5.74) is 7.39. The molecule has 3 aromatic rings. The summed E-state index contributed by atoms with van der Waals surface area (Å²) < 4.78 is 2.37. The molecule has 6 rings (SSSR count). The number of nitrogens with one attached hydrogen (secondary N) is 3. The number of rotatable bonds is 8. The minimum Gasteiger partial charge on any atom is -0.356 e. The average molecular weight is 500 g/mol. The van der Waals surface area contributed by atoms with Gasteiger partial charge < -0.3 is 5.32 Å². The van der Waals surface area contributed by atoms with Crippen LogP contribution in [0.1, 0.15) is 73.2 Å². The third-order valence-electron chi connectivity index (χ3n) is 8.16. The van der Waals surface area contributed by atoms with Crippen LogP contribution in [0.4, 0.5) is 5.95 Å². The molecule has 1 saturated carbocycles. The van der Waals surface area contributed by atoms with Crippen molar-refractivity contribution in [2.45, 2.75) is 76.7 Å². The SMILES string of the molecule is Cc1ccc(CCNC(=O)CCCc2nnc3n2C2CCCCC2C2NC(c4ccccc4)NN32)cc1. The largest absolute Gasteiger partial charge is 0.356 e. The number of carbonyl (C=O) groups excluding carboxylic acids is 1. The number of fused-ring (bicyclic) bond motifs is 6. The highest BCUT2D eigenvalue weighted by atomic mass is 16.1. The molecule has 4 unspecified atom stereocenters. The van der Waals surface area contributed by atoms with Gasteiger partial charge in [0.1, 0.15) is 18.2 Å². The summed E-state index contributed by atoms with van der Waals surface area (Å²) in [4.78, 5) is 12.5. The Morgan fingerprint density at radius 3 is 2.68 bits per heavy atom. The molecule has 3 aliphatic rings. The summed E-state index contributed by atoms with van der Waals surface area (Å²) >= 11 is 0. The molecule has 1 aromatic heterocycles. The molecule has 3 N–H and O–H groups in total. The van der Waals surface area contributed by atoms with Crippen LogP contribution >= 0.6 is 0 Å². The van der Waals surface area contributed by atoms with Crippen molar-refractivity contribution in [3.63, 3.8) is 0 Å². The summed E-state index contributed by atoms with van der Waals surface area (Å²) in [5, 5.41) is 18.4. The topological polar surface area (TPSA) is 87.1 Å². The molecular weight excluding hydrogens is 462 g/mol. The van der Waals surface area contributed by atoms with Crippen molar-refractivity contribution in [2.24, 2.45) is 5.92 Å². The Morgan fingerprint density at radius 1 is 1.03 bits per heavy atom. The minimum absolute atomic E-state index is 0.0593. The Balaban J connectivity index is 1.09. The highest BCUT2D eigenvalue weighted by Crippen LogP contribution is 2.45. The van der Waals surface area contributed by atoms with Gasteiger partial charge in [0.25, 0.3) is 0 Å². The van der Waals surface area contributed by atoms with Crippen LogP contribution in [0, 0.1) is 12.8 Å². The van der Waals surface area contributed by atoms with Gasteiger partial charge in [-0.25, -0.2) is 5.43 Å². The standard InChI is InChI=1S/C29H37N7O/c1-20-14-16-21(17-15-20)18-19-30-26(37)13-7-12-25-32-33-29-35(25)24-11-6-5-10-23(24)28-31-27(34-36(28)29)22-8-3-2-4-9-22/h2-4,8-9,14-17,23-24,27-28,31,34H,5-7,10-13,18-19H2,1H3,(H,30,37). The van der Waals surface area contributed by atoms with Crippen molar-refractivity contribution in [1.29, 1.82) is 0 Å². The van der Waals surface area contributed by atoms with E-state index in [1.54, 1.807) is 0 Å². The number of hydrogen-bond acceptors (Lipinski definition) is 6. The minimum atomic E-state index is 0.0593. The van der Waals surface area contributed by atoms with Crippen LogP contribution < -0.4 is 21.1 Å². The molecule has 37 heavy (non-hydrogen) atoms. The summed E-state index contributed by atoms with van der Waals surface area (Å²) in [6, 6.07) is 19.4. The van der Waals surface area contributed by atoms with Gasteiger partial charge in [-0.05, 0) is 43.7 Å². The molecule has 1 saturated heterocycles. The molecule has 1 aliphatic carbocycles. The first-order valence-corrected chi connectivity index (χ1v) is 13.8. The third kappa shape index (κ3) is 5.00. The van der Waals surface area contributed by atoms with E-state index in [1.807, 2.05) is 0 Å². The lowest BCUT2D eigenvalue weighted by atomic mass is 9.81. The number of hydrogen-bond donors (Lipinski definition) is 3. The van der Waals surface area contributed by atoms with Crippen molar-refractivity contribution in [1.82, 2.24) is 30.8 Å². The maximum atomic E-state index is 12.5. The van der Waals surface area contributed by atoms with Gasteiger partial charge in [0.15, 0.2) is 0 Å². The number of nitrogens with zero attached hydrogens (tertiary/aromatic N) is 4. The van der Waals surface area contributed by atoms with E-state index < -0.39 is 0 Å². The van der Waals surface area contributed by atoms with Gasteiger partial charge in [-0.1, -0.05) is 73.0 Å². The van der Waals surface area contributed by atoms with Gasteiger partial charge in [0.05, 0.1) is 0 Å². The number of hydrazine groups is 1. The number of anilines is 1. The van der Waals surface area contributed by atoms with E-state index in [9.17, 15) is 4.79 Å². The van der Waals surface area contributed by atoms with Crippen LogP contribution in [0.5, 0.6) is 0 Å². The maximum Gasteiger partial charge on any atom is 0.243 e. The van der Waals surface area contributed by atoms with Crippen LogP contribution in [0.3, 0.4) is 0 Å². The van der Waals surface area contributed by atoms with Gasteiger partial charge in [-0.2, -0.15) is 0 Å². The molecule has 8 heteroatoms. The van der Waals surface area contributed by atoms with E-state index in [0.717, 1.165) is 37.5 Å². The van der Waals surface area contributed by atoms with Gasteiger partial charge >= 0.3 is 0 Å². The van der Waals surface area contributed by atoms with Crippen LogP contribution in [0.15, 0.2) is 54.6 Å². The normalized spacial score (nSPS) is 24.3. The number of aromatic nitrogens is 3. The molecule has 2 fully saturated rings. The zero-order valence-corrected chi connectivity index (χ0v) is 21.6. The van der Waals surface area contributed by atoms with Crippen LogP contribution in [0.2, 0.25) is 0 Å². The van der Waals surface area contributed by atoms with E-state index in [2.05, 4.69) is 97.4 Å². The first-order chi connectivity index (χ1) is 18.2. The van der Waals surface area contributed by atoms with Crippen molar-refractivity contribution in [3.8, 4) is 0 Å². The molecule has 0 radical (unpaired) electrons. The Kier molecular flexibility index (Phi) is 6.93. The zero-order valence-electron chi connectivity index (χ0n) is 21.6. The zero-order chi connectivity index (χ0) is 25.2. The number of aryl methyl sites for hydroxylation is 2. The monoisotopic (exact) mass is 499 g/mol. The maximum absolute atomic E-state index is 12.5. The molecule has 0 spiro atoms. The number of carbonyl (C=O) groups is 1. The molecular formula is C29H37N7O. The van der Waals surface area contributed by atoms with Crippen molar-refractivity contribution < 1.29 is 4.79 Å². The fraction of sp³-hybridized carbons (Fsp3) is 0.483. The molecule has 2 aliphatic heterocycles. The van der Waals surface area contributed by atoms with Crippen molar-refractivity contribution in [3.05, 3.63) is 77.1 Å². The molecule has 2 aromatic carbocycles. The number of benzene rings is 2. The Hall–Kier alpha value is -3.23. The average Bonchev–Trinajstić information content (AvgIpc) is 3.56. The summed E-state index contributed by atoms with van der Waals surface area (Å²) in [6.45, 7) is 2.76. The third-order valence-corrected chi connectivity index (χ3v) is 8.16. The van der Waals surface area contributed by atoms with E-state index in [0.29, 0.717) is 24.9 Å². The highest BCUT2D eigenvalue weighted by molar-refractivity contribution is 5.75.